The number of hydrogen-bond acceptors (Lipinski definition) is 5. The van der Waals surface area contributed by atoms with Gasteiger partial charge in [-0.3, -0.25) is 10.1 Å². The largest absolute Gasteiger partial charge is 0.504 e. The van der Waals surface area contributed by atoms with Gasteiger partial charge >= 0.3 is 0 Å². The summed E-state index contributed by atoms with van der Waals surface area (Å²) in [4.78, 5) is 10.5. The summed E-state index contributed by atoms with van der Waals surface area (Å²) >= 11 is 0. The number of carbonyl (C=O) groups excluding carboxylic acids is 1. The average molecular weight is 274 g/mol. The summed E-state index contributed by atoms with van der Waals surface area (Å²) in [5.41, 5.74) is -0.244. The number of nitrogens with one attached hydrogen (secondary N) is 1. The van der Waals surface area contributed by atoms with E-state index in [4.69, 9.17) is 9.47 Å². The van der Waals surface area contributed by atoms with Gasteiger partial charge in [0.15, 0.2) is 17.2 Å². The number of morpholine rings is 1. The molecule has 1 heterocycles. The van der Waals surface area contributed by atoms with E-state index in [0.717, 1.165) is 0 Å². The molecule has 100 valence electrons. The van der Waals surface area contributed by atoms with Crippen LogP contribution >= 0.6 is 12.4 Å². The van der Waals surface area contributed by atoms with Crippen LogP contribution in [-0.4, -0.2) is 36.9 Å². The summed E-state index contributed by atoms with van der Waals surface area (Å²) in [6.07, 6.45) is 0.674. The minimum atomic E-state index is -0.654. The van der Waals surface area contributed by atoms with Crippen LogP contribution in [0.4, 0.5) is 0 Å². The Balaban J connectivity index is 0.00000162. The topological polar surface area (TPSA) is 67.8 Å². The highest BCUT2D eigenvalue weighted by atomic mass is 35.5. The molecule has 5 nitrogen and oxygen atoms in total. The summed E-state index contributed by atoms with van der Waals surface area (Å²) in [5.74, 6) is 0.277. The smallest absolute Gasteiger partial charge is 0.181 e. The number of rotatable bonds is 3. The Morgan fingerprint density at radius 1 is 1.56 bits per heavy atom. The molecule has 2 N–H and O–H groups in total. The van der Waals surface area contributed by atoms with E-state index in [0.29, 0.717) is 37.4 Å². The molecule has 18 heavy (non-hydrogen) atoms. The van der Waals surface area contributed by atoms with Crippen LogP contribution in [0, 0.1) is 0 Å². The number of phenolic OH excluding ortho intramolecular Hbond substituents is 1. The lowest BCUT2D eigenvalue weighted by Crippen LogP contribution is -2.56. The predicted molar refractivity (Wildman–Crippen MR) is 68.6 cm³/mol. The lowest BCUT2D eigenvalue weighted by Gasteiger charge is -2.35. The Hall–Kier alpha value is -1.30. The second-order valence-electron chi connectivity index (χ2n) is 4.16. The summed E-state index contributed by atoms with van der Waals surface area (Å²) in [6, 6.07) is 4.53. The zero-order chi connectivity index (χ0) is 12.3. The Morgan fingerprint density at radius 2 is 2.33 bits per heavy atom. The van der Waals surface area contributed by atoms with Gasteiger partial charge in [0.1, 0.15) is 12.9 Å². The third kappa shape index (κ3) is 3.35. The molecule has 1 aliphatic rings. The number of aromatic hydroxyl groups is 1. The van der Waals surface area contributed by atoms with Crippen molar-refractivity contribution in [2.24, 2.45) is 0 Å². The van der Waals surface area contributed by atoms with E-state index in [-0.39, 0.29) is 18.2 Å². The first-order valence-corrected chi connectivity index (χ1v) is 5.43. The zero-order valence-electron chi connectivity index (χ0n) is 10.0. The Morgan fingerprint density at radius 3 is 2.89 bits per heavy atom. The number of phenols is 1. The third-order valence-electron chi connectivity index (χ3n) is 2.58. The molecule has 6 heteroatoms. The molecule has 1 saturated heterocycles. The highest BCUT2D eigenvalue weighted by Gasteiger charge is 2.29. The number of benzene rings is 1. The highest BCUT2D eigenvalue weighted by Crippen LogP contribution is 2.29. The fraction of sp³-hybridized carbons (Fsp3) is 0.417. The summed E-state index contributed by atoms with van der Waals surface area (Å²) < 4.78 is 11.0. The monoisotopic (exact) mass is 273 g/mol. The maximum absolute atomic E-state index is 10.5. The van der Waals surface area contributed by atoms with Crippen molar-refractivity contribution in [3.63, 3.8) is 0 Å². The zero-order valence-corrected chi connectivity index (χ0v) is 10.8. The fourth-order valence-electron chi connectivity index (χ4n) is 1.71. The van der Waals surface area contributed by atoms with E-state index >= 15 is 0 Å². The van der Waals surface area contributed by atoms with Gasteiger partial charge in [0, 0.05) is 12.1 Å². The van der Waals surface area contributed by atoms with Crippen LogP contribution in [0.25, 0.3) is 0 Å². The predicted octanol–water partition coefficient (Wildman–Crippen LogP) is 1.34. The number of hydrogen-bond donors (Lipinski definition) is 2. The average Bonchev–Trinajstić information content (AvgIpc) is 2.32. The van der Waals surface area contributed by atoms with Crippen molar-refractivity contribution in [1.82, 2.24) is 5.32 Å². The molecule has 0 unspecified atom stereocenters. The molecule has 1 aromatic carbocycles. The first-order valence-electron chi connectivity index (χ1n) is 5.43. The molecule has 0 amide bonds. The number of ether oxygens (including phenoxy) is 2. The molecule has 0 bridgehead atoms. The molecular weight excluding hydrogens is 258 g/mol. The fourth-order valence-corrected chi connectivity index (χ4v) is 1.71. The van der Waals surface area contributed by atoms with Gasteiger partial charge in [-0.25, -0.2) is 0 Å². The van der Waals surface area contributed by atoms with E-state index in [1.165, 1.54) is 6.07 Å². The first kappa shape index (κ1) is 14.8. The van der Waals surface area contributed by atoms with Gasteiger partial charge in [-0.2, -0.15) is 0 Å². The van der Waals surface area contributed by atoms with E-state index in [1.54, 1.807) is 12.1 Å². The molecule has 1 fully saturated rings. The molecule has 0 aromatic heterocycles. The Labute approximate surface area is 112 Å². The van der Waals surface area contributed by atoms with E-state index in [2.05, 4.69) is 5.32 Å². The van der Waals surface area contributed by atoms with Crippen molar-refractivity contribution in [1.29, 1.82) is 0 Å². The van der Waals surface area contributed by atoms with Crippen LogP contribution < -0.4 is 10.1 Å². The van der Waals surface area contributed by atoms with Crippen molar-refractivity contribution >= 4 is 18.7 Å². The van der Waals surface area contributed by atoms with Crippen molar-refractivity contribution < 1.29 is 19.4 Å². The molecule has 1 aliphatic heterocycles. The van der Waals surface area contributed by atoms with Gasteiger partial charge < -0.3 is 14.6 Å². The molecule has 0 aliphatic carbocycles. The van der Waals surface area contributed by atoms with Crippen molar-refractivity contribution in [3.8, 4) is 11.5 Å². The van der Waals surface area contributed by atoms with Gasteiger partial charge in [0.2, 0.25) is 0 Å². The quantitative estimate of drug-likeness (QED) is 0.814. The van der Waals surface area contributed by atoms with E-state index < -0.39 is 5.72 Å². The van der Waals surface area contributed by atoms with Gasteiger partial charge in [-0.1, -0.05) is 0 Å². The number of aldehydes is 1. The van der Waals surface area contributed by atoms with Crippen LogP contribution in [0.5, 0.6) is 11.5 Å². The minimum absolute atomic E-state index is 0. The molecular formula is C12H16ClNO4. The van der Waals surface area contributed by atoms with Crippen LogP contribution in [0.2, 0.25) is 0 Å². The van der Waals surface area contributed by atoms with Crippen LogP contribution in [0.3, 0.4) is 0 Å². The van der Waals surface area contributed by atoms with Gasteiger partial charge in [-0.15, -0.1) is 12.4 Å². The van der Waals surface area contributed by atoms with E-state index in [1.807, 2.05) is 6.92 Å². The third-order valence-corrected chi connectivity index (χ3v) is 2.58. The van der Waals surface area contributed by atoms with Gasteiger partial charge in [0.05, 0.1) is 6.61 Å². The number of halogens is 1. The Bertz CT molecular complexity index is 419. The minimum Gasteiger partial charge on any atom is -0.504 e. The van der Waals surface area contributed by atoms with Crippen LogP contribution in [-0.2, 0) is 4.74 Å². The molecule has 1 aromatic rings. The summed E-state index contributed by atoms with van der Waals surface area (Å²) in [7, 11) is 0. The van der Waals surface area contributed by atoms with Gasteiger partial charge in [-0.05, 0) is 25.1 Å². The Kier molecular flexibility index (Phi) is 4.95. The molecule has 1 atom stereocenters. The second-order valence-corrected chi connectivity index (χ2v) is 4.16. The van der Waals surface area contributed by atoms with E-state index in [9.17, 15) is 9.90 Å². The van der Waals surface area contributed by atoms with Crippen molar-refractivity contribution in [2.75, 3.05) is 19.8 Å². The van der Waals surface area contributed by atoms with Crippen LogP contribution in [0.15, 0.2) is 18.2 Å². The summed E-state index contributed by atoms with van der Waals surface area (Å²) in [6.45, 7) is 3.60. The standard InChI is InChI=1S/C12H15NO4.ClH/c1-12(8-16-5-4-13-12)17-11-3-2-9(7-14)6-10(11)15;/h2-3,6-7,13,15H,4-5,8H2,1H3;1H/t12-;/m1./s1. The molecule has 0 radical (unpaired) electrons. The highest BCUT2D eigenvalue weighted by molar-refractivity contribution is 5.85. The molecule has 2 rings (SSSR count). The number of carbonyl (C=O) groups is 1. The maximum atomic E-state index is 10.5. The lowest BCUT2D eigenvalue weighted by atomic mass is 10.2. The van der Waals surface area contributed by atoms with Crippen molar-refractivity contribution in [2.45, 2.75) is 12.6 Å². The molecule has 0 saturated carbocycles. The summed E-state index contributed by atoms with van der Waals surface area (Å²) in [5, 5.41) is 12.9. The lowest BCUT2D eigenvalue weighted by molar-refractivity contribution is -0.0710. The van der Waals surface area contributed by atoms with Crippen LogP contribution in [0.1, 0.15) is 17.3 Å². The normalized spacial score (nSPS) is 22.9. The van der Waals surface area contributed by atoms with Crippen molar-refractivity contribution in [3.05, 3.63) is 23.8 Å². The molecule has 0 spiro atoms. The second kappa shape index (κ2) is 6.04. The maximum Gasteiger partial charge on any atom is 0.181 e. The first-order chi connectivity index (χ1) is 8.13. The van der Waals surface area contributed by atoms with Gasteiger partial charge in [0.25, 0.3) is 0 Å². The SMILES string of the molecule is C[C@@]1(Oc2ccc(C=O)cc2O)COCCN1.Cl.